The monoisotopic (exact) mass is 429 g/mol. The van der Waals surface area contributed by atoms with Crippen molar-refractivity contribution in [3.8, 4) is 5.75 Å². The molecule has 0 aliphatic rings. The molecule has 7 nitrogen and oxygen atoms in total. The summed E-state index contributed by atoms with van der Waals surface area (Å²) in [4.78, 5) is 35.3. The van der Waals surface area contributed by atoms with Crippen molar-refractivity contribution in [2.45, 2.75) is 32.8 Å². The number of phenolic OH excluding ortho intramolecular Hbond substituents is 1. The van der Waals surface area contributed by atoms with Gasteiger partial charge < -0.3 is 14.9 Å². The Balaban J connectivity index is 2.22. The topological polar surface area (TPSA) is 113 Å². The van der Waals surface area contributed by atoms with Gasteiger partial charge in [-0.3, -0.25) is 10.1 Å². The first-order chi connectivity index (χ1) is 14.6. The second-order valence-electron chi connectivity index (χ2n) is 7.58. The van der Waals surface area contributed by atoms with Gasteiger partial charge in [0.2, 0.25) is 0 Å². The Morgan fingerprint density at radius 3 is 2.45 bits per heavy atom. The van der Waals surface area contributed by atoms with Gasteiger partial charge in [-0.25, -0.2) is 14.0 Å². The Bertz CT molecular complexity index is 971. The maximum absolute atomic E-state index is 14.0. The van der Waals surface area contributed by atoms with Gasteiger partial charge in [0.25, 0.3) is 5.91 Å². The molecule has 0 saturated carbocycles. The highest BCUT2D eigenvalue weighted by molar-refractivity contribution is 6.02. The van der Waals surface area contributed by atoms with Crippen LogP contribution in [0.3, 0.4) is 0 Å². The van der Waals surface area contributed by atoms with E-state index in [9.17, 15) is 23.9 Å². The lowest BCUT2D eigenvalue weighted by atomic mass is 9.78. The number of ether oxygens (including phenoxy) is 1. The Hall–Kier alpha value is -3.68. The molecule has 0 aliphatic heterocycles. The Kier molecular flexibility index (Phi) is 7.90. The summed E-state index contributed by atoms with van der Waals surface area (Å²) in [7, 11) is 0. The van der Waals surface area contributed by atoms with Crippen LogP contribution in [0.5, 0.6) is 5.75 Å². The number of carbonyl (C=O) groups is 3. The van der Waals surface area contributed by atoms with Crippen molar-refractivity contribution in [2.75, 3.05) is 0 Å². The lowest BCUT2D eigenvalue weighted by Gasteiger charge is -2.34. The summed E-state index contributed by atoms with van der Waals surface area (Å²) < 4.78 is 19.5. The van der Waals surface area contributed by atoms with Crippen molar-refractivity contribution in [1.29, 1.82) is 0 Å². The van der Waals surface area contributed by atoms with Crippen LogP contribution in [0.25, 0.3) is 0 Å². The number of aromatic hydroxyl groups is 1. The second-order valence-corrected chi connectivity index (χ2v) is 7.58. The number of alkyl carbamates (subject to hydrolysis) is 1. The van der Waals surface area contributed by atoms with Gasteiger partial charge in [-0.1, -0.05) is 44.2 Å². The quantitative estimate of drug-likeness (QED) is 0.529. The summed E-state index contributed by atoms with van der Waals surface area (Å²) in [6.45, 7) is 3.53. The van der Waals surface area contributed by atoms with E-state index < -0.39 is 41.1 Å². The van der Waals surface area contributed by atoms with Crippen molar-refractivity contribution in [2.24, 2.45) is 5.41 Å². The van der Waals surface area contributed by atoms with Crippen molar-refractivity contribution < 1.29 is 33.7 Å². The highest BCUT2D eigenvalue weighted by Gasteiger charge is 2.34. The van der Waals surface area contributed by atoms with Crippen LogP contribution in [-0.2, 0) is 9.53 Å². The van der Waals surface area contributed by atoms with E-state index in [1.807, 2.05) is 0 Å². The van der Waals surface area contributed by atoms with Gasteiger partial charge >= 0.3 is 12.1 Å². The molecule has 0 radical (unpaired) electrons. The number of phenols is 1. The van der Waals surface area contributed by atoms with E-state index in [2.05, 4.69) is 5.32 Å². The highest BCUT2D eigenvalue weighted by atomic mass is 19.1. The average Bonchev–Trinajstić information content (AvgIpc) is 2.72. The van der Waals surface area contributed by atoms with Crippen LogP contribution in [0.2, 0.25) is 0 Å². The molecule has 0 unspecified atom stereocenters. The first kappa shape index (κ1) is 23.6. The Morgan fingerprint density at radius 2 is 1.84 bits per heavy atom. The van der Waals surface area contributed by atoms with E-state index in [4.69, 9.17) is 9.84 Å². The maximum atomic E-state index is 14.0. The van der Waals surface area contributed by atoms with Gasteiger partial charge in [-0.15, -0.1) is 0 Å². The van der Waals surface area contributed by atoms with Crippen LogP contribution in [0.15, 0.2) is 60.7 Å². The van der Waals surface area contributed by atoms with E-state index in [0.717, 1.165) is 18.2 Å². The molecule has 2 aromatic rings. The molecule has 1 atom stereocenters. The number of rotatable bonds is 8. The molecule has 0 saturated heterocycles. The molecule has 2 aromatic carbocycles. The number of hydrogen-bond acceptors (Lipinski definition) is 5. The molecule has 0 aromatic heterocycles. The molecule has 3 N–H and O–H groups in total. The van der Waals surface area contributed by atoms with Crippen molar-refractivity contribution in [3.63, 3.8) is 0 Å². The molecule has 31 heavy (non-hydrogen) atoms. The zero-order chi connectivity index (χ0) is 23.0. The number of benzene rings is 2. The van der Waals surface area contributed by atoms with Gasteiger partial charge in [-0.2, -0.15) is 0 Å². The number of carboxylic acid groups (broad SMARTS) is 1. The predicted octanol–water partition coefficient (Wildman–Crippen LogP) is 4.59. The number of hydrogen-bond donors (Lipinski definition) is 3. The minimum atomic E-state index is -1.08. The van der Waals surface area contributed by atoms with E-state index in [-0.39, 0.29) is 11.1 Å². The highest BCUT2D eigenvalue weighted by Crippen LogP contribution is 2.41. The summed E-state index contributed by atoms with van der Waals surface area (Å²) in [6.07, 6.45) is 1.24. The van der Waals surface area contributed by atoms with E-state index in [0.29, 0.717) is 12.8 Å². The van der Waals surface area contributed by atoms with Gasteiger partial charge in [0.15, 0.2) is 11.6 Å². The lowest BCUT2D eigenvalue weighted by Crippen LogP contribution is -2.35. The molecule has 0 bridgehead atoms. The molecule has 0 fully saturated rings. The van der Waals surface area contributed by atoms with Crippen molar-refractivity contribution >= 4 is 18.0 Å². The fourth-order valence-electron chi connectivity index (χ4n) is 3.03. The van der Waals surface area contributed by atoms with Crippen LogP contribution in [0, 0.1) is 11.2 Å². The summed E-state index contributed by atoms with van der Waals surface area (Å²) in [6, 6.07) is 11.7. The number of imide groups is 1. The summed E-state index contributed by atoms with van der Waals surface area (Å²) >= 11 is 0. The number of halogens is 1. The lowest BCUT2D eigenvalue weighted by molar-refractivity contribution is -0.131. The maximum Gasteiger partial charge on any atom is 0.414 e. The minimum absolute atomic E-state index is 0.268. The molecule has 2 amide bonds. The summed E-state index contributed by atoms with van der Waals surface area (Å²) in [5.74, 6) is -3.16. The third-order valence-corrected chi connectivity index (χ3v) is 4.68. The van der Waals surface area contributed by atoms with Crippen molar-refractivity contribution in [1.82, 2.24) is 5.32 Å². The molecular weight excluding hydrogens is 405 g/mol. The largest absolute Gasteiger partial charge is 0.505 e. The van der Waals surface area contributed by atoms with Gasteiger partial charge in [0, 0.05) is 17.1 Å². The third-order valence-electron chi connectivity index (χ3n) is 4.68. The standard InChI is InChI=1S/C23H24FNO6/c1-23(2,13-7-6-10-19(27)28)20(16-11-12-18(26)17(24)14-16)31-22(30)25-21(29)15-8-4-3-5-9-15/h3-6,8-12,14,20,26H,7,13H2,1-2H3,(H,27,28)(H,25,29,30)/b10-6+/t20-/m0/s1. The minimum Gasteiger partial charge on any atom is -0.505 e. The van der Waals surface area contributed by atoms with Gasteiger partial charge in [0.05, 0.1) is 0 Å². The number of amides is 2. The fraction of sp³-hybridized carbons (Fsp3) is 0.261. The Labute approximate surface area is 179 Å². The normalized spacial score (nSPS) is 12.4. The zero-order valence-electron chi connectivity index (χ0n) is 17.2. The molecular formula is C23H24FNO6. The number of allylic oxidation sites excluding steroid dienone is 1. The zero-order valence-corrected chi connectivity index (χ0v) is 17.2. The van der Waals surface area contributed by atoms with Crippen LogP contribution in [0.4, 0.5) is 9.18 Å². The van der Waals surface area contributed by atoms with Crippen LogP contribution in [0.1, 0.15) is 48.7 Å². The molecule has 2 rings (SSSR count). The number of nitrogens with one attached hydrogen (secondary N) is 1. The van der Waals surface area contributed by atoms with E-state index >= 15 is 0 Å². The van der Waals surface area contributed by atoms with Crippen LogP contribution < -0.4 is 5.32 Å². The number of carboxylic acids is 1. The Morgan fingerprint density at radius 1 is 1.16 bits per heavy atom. The fourth-order valence-corrected chi connectivity index (χ4v) is 3.03. The second kappa shape index (κ2) is 10.4. The predicted molar refractivity (Wildman–Crippen MR) is 111 cm³/mol. The molecule has 164 valence electrons. The molecule has 8 heteroatoms. The first-order valence-corrected chi connectivity index (χ1v) is 9.55. The summed E-state index contributed by atoms with van der Waals surface area (Å²) in [5, 5.41) is 20.3. The van der Waals surface area contributed by atoms with Crippen LogP contribution >= 0.6 is 0 Å². The number of aliphatic carboxylic acids is 1. The van der Waals surface area contributed by atoms with Crippen LogP contribution in [-0.4, -0.2) is 28.2 Å². The smallest absolute Gasteiger partial charge is 0.414 e. The molecule has 0 heterocycles. The van der Waals surface area contributed by atoms with Gasteiger partial charge in [0.1, 0.15) is 6.10 Å². The molecule has 0 aliphatic carbocycles. The third kappa shape index (κ3) is 6.95. The number of carbonyl (C=O) groups excluding carboxylic acids is 2. The van der Waals surface area contributed by atoms with E-state index in [1.54, 1.807) is 32.0 Å². The van der Waals surface area contributed by atoms with Crippen molar-refractivity contribution in [3.05, 3.63) is 77.6 Å². The van der Waals surface area contributed by atoms with E-state index in [1.165, 1.54) is 24.3 Å². The summed E-state index contributed by atoms with van der Waals surface area (Å²) in [5.41, 5.74) is -0.214. The molecule has 0 spiro atoms. The van der Waals surface area contributed by atoms with Gasteiger partial charge in [-0.05, 0) is 42.7 Å². The first-order valence-electron chi connectivity index (χ1n) is 9.55. The average molecular weight is 429 g/mol. The SMILES string of the molecule is CC(C)(CC/C=C/C(=O)O)[C@@H](OC(=O)NC(=O)c1ccccc1)c1ccc(O)c(F)c1.